The van der Waals surface area contributed by atoms with E-state index in [-0.39, 0.29) is 17.6 Å². The van der Waals surface area contributed by atoms with Crippen LogP contribution in [0.4, 0.5) is 10.1 Å². The van der Waals surface area contributed by atoms with Gasteiger partial charge < -0.3 is 5.32 Å². The molecule has 23 heavy (non-hydrogen) atoms. The van der Waals surface area contributed by atoms with Gasteiger partial charge in [-0.05, 0) is 62.5 Å². The van der Waals surface area contributed by atoms with Gasteiger partial charge in [-0.25, -0.2) is 4.39 Å². The Bertz CT molecular complexity index is 583. The molecule has 2 atom stereocenters. The fourth-order valence-electron chi connectivity index (χ4n) is 3.64. The van der Waals surface area contributed by atoms with Crippen LogP contribution in [-0.4, -0.2) is 5.91 Å². The van der Waals surface area contributed by atoms with E-state index in [0.717, 1.165) is 38.5 Å². The number of hydrogen-bond donors (Lipinski definition) is 1. The summed E-state index contributed by atoms with van der Waals surface area (Å²) >= 11 is 0. The minimum Gasteiger partial charge on any atom is -0.323 e. The Morgan fingerprint density at radius 3 is 2.09 bits per heavy atom. The molecule has 1 fully saturated rings. The van der Waals surface area contributed by atoms with Gasteiger partial charge in [0.2, 0.25) is 5.91 Å². The molecule has 0 aromatic heterocycles. The lowest BCUT2D eigenvalue weighted by Gasteiger charge is -2.05. The molecule has 0 spiro atoms. The van der Waals surface area contributed by atoms with Gasteiger partial charge in [0.05, 0.1) is 5.69 Å². The lowest BCUT2D eigenvalue weighted by atomic mass is 10.1. The number of carbonyl (C=O) groups is 1. The third-order valence-corrected chi connectivity index (χ3v) is 4.93. The first-order chi connectivity index (χ1) is 11.3. The number of para-hydroxylation sites is 1. The number of rotatable bonds is 2. The second-order valence-corrected chi connectivity index (χ2v) is 6.50. The van der Waals surface area contributed by atoms with Crippen molar-refractivity contribution in [2.24, 2.45) is 17.8 Å². The van der Waals surface area contributed by atoms with Crippen LogP contribution < -0.4 is 5.32 Å². The summed E-state index contributed by atoms with van der Waals surface area (Å²) in [5.74, 6) is 0.537. The van der Waals surface area contributed by atoms with E-state index >= 15 is 0 Å². The number of fused-ring (bicyclic) bond motifs is 1. The fraction of sp³-hybridized carbons (Fsp3) is 0.450. The Kier molecular flexibility index (Phi) is 5.27. The number of halogens is 1. The maximum absolute atomic E-state index is 13.7. The van der Waals surface area contributed by atoms with E-state index in [1.165, 1.54) is 6.07 Å². The maximum atomic E-state index is 13.7. The third kappa shape index (κ3) is 4.10. The van der Waals surface area contributed by atoms with E-state index in [4.69, 9.17) is 0 Å². The highest BCUT2D eigenvalue weighted by molar-refractivity contribution is 5.95. The average molecular weight is 313 g/mol. The molecule has 1 amide bonds. The van der Waals surface area contributed by atoms with E-state index in [9.17, 15) is 9.18 Å². The summed E-state index contributed by atoms with van der Waals surface area (Å²) in [6.07, 6.45) is 15.3. The topological polar surface area (TPSA) is 29.1 Å². The molecule has 0 saturated heterocycles. The molecule has 1 aromatic rings. The molecule has 0 bridgehead atoms. The van der Waals surface area contributed by atoms with Crippen LogP contribution in [0.5, 0.6) is 0 Å². The molecule has 1 saturated carbocycles. The zero-order valence-electron chi connectivity index (χ0n) is 13.4. The summed E-state index contributed by atoms with van der Waals surface area (Å²) in [5.41, 5.74) is 0.291. The summed E-state index contributed by atoms with van der Waals surface area (Å²) in [6.45, 7) is 0. The van der Waals surface area contributed by atoms with Crippen LogP contribution >= 0.6 is 0 Å². The van der Waals surface area contributed by atoms with Crippen molar-refractivity contribution in [1.29, 1.82) is 0 Å². The van der Waals surface area contributed by atoms with Gasteiger partial charge in [-0.3, -0.25) is 4.79 Å². The van der Waals surface area contributed by atoms with Crippen molar-refractivity contribution in [2.45, 2.75) is 38.5 Å². The molecule has 1 N–H and O–H groups in total. The third-order valence-electron chi connectivity index (χ3n) is 4.93. The van der Waals surface area contributed by atoms with Crippen molar-refractivity contribution in [1.82, 2.24) is 0 Å². The van der Waals surface area contributed by atoms with Crippen LogP contribution in [0, 0.1) is 23.6 Å². The number of benzene rings is 1. The van der Waals surface area contributed by atoms with Crippen molar-refractivity contribution in [2.75, 3.05) is 5.32 Å². The molecule has 0 radical (unpaired) electrons. The van der Waals surface area contributed by atoms with Crippen LogP contribution in [0.1, 0.15) is 38.5 Å². The molecule has 0 unspecified atom stereocenters. The monoisotopic (exact) mass is 313 g/mol. The van der Waals surface area contributed by atoms with E-state index in [1.807, 2.05) is 0 Å². The van der Waals surface area contributed by atoms with Crippen molar-refractivity contribution in [3.63, 3.8) is 0 Å². The molecular formula is C20H24FNO. The van der Waals surface area contributed by atoms with Gasteiger partial charge in [0.15, 0.2) is 0 Å². The second kappa shape index (κ2) is 7.58. The predicted molar refractivity (Wildman–Crippen MR) is 91.5 cm³/mol. The van der Waals surface area contributed by atoms with Crippen molar-refractivity contribution in [3.05, 3.63) is 54.4 Å². The van der Waals surface area contributed by atoms with Gasteiger partial charge in [-0.2, -0.15) is 0 Å². The Balaban J connectivity index is 1.63. The van der Waals surface area contributed by atoms with Gasteiger partial charge in [0.25, 0.3) is 0 Å². The quantitative estimate of drug-likeness (QED) is 0.757. The summed E-state index contributed by atoms with van der Waals surface area (Å²) in [4.78, 5) is 12.5. The highest BCUT2D eigenvalue weighted by Crippen LogP contribution is 2.52. The van der Waals surface area contributed by atoms with Crippen molar-refractivity contribution >= 4 is 11.6 Å². The Morgan fingerprint density at radius 2 is 1.48 bits per heavy atom. The van der Waals surface area contributed by atoms with Gasteiger partial charge in [0.1, 0.15) is 5.82 Å². The molecule has 122 valence electrons. The molecule has 1 aromatic carbocycles. The molecule has 3 heteroatoms. The highest BCUT2D eigenvalue weighted by Gasteiger charge is 2.52. The summed E-state index contributed by atoms with van der Waals surface area (Å²) in [7, 11) is 0. The minimum absolute atomic E-state index is 0.0204. The summed E-state index contributed by atoms with van der Waals surface area (Å²) < 4.78 is 13.7. The number of allylic oxidation sites excluding steroid dienone is 4. The van der Waals surface area contributed by atoms with Crippen LogP contribution in [0.15, 0.2) is 48.6 Å². The van der Waals surface area contributed by atoms with E-state index in [1.54, 1.807) is 18.2 Å². The van der Waals surface area contributed by atoms with E-state index in [0.29, 0.717) is 17.5 Å². The number of hydrogen-bond acceptors (Lipinski definition) is 1. The normalized spacial score (nSPS) is 30.2. The van der Waals surface area contributed by atoms with Gasteiger partial charge in [-0.1, -0.05) is 36.4 Å². The molecule has 2 aliphatic rings. The highest BCUT2D eigenvalue weighted by atomic mass is 19.1. The van der Waals surface area contributed by atoms with Crippen molar-refractivity contribution < 1.29 is 9.18 Å². The molecule has 0 aliphatic heterocycles. The second-order valence-electron chi connectivity index (χ2n) is 6.50. The van der Waals surface area contributed by atoms with Crippen molar-refractivity contribution in [3.8, 4) is 0 Å². The first-order valence-corrected chi connectivity index (χ1v) is 8.63. The first kappa shape index (κ1) is 16.0. The molecule has 3 rings (SSSR count). The SMILES string of the molecule is O=C(Nc1ccccc1F)C1[C@H]2CC/C=C\CC/C=C\CC[C@H]12. The summed E-state index contributed by atoms with van der Waals surface area (Å²) in [6, 6.07) is 6.37. The number of nitrogens with one attached hydrogen (secondary N) is 1. The minimum atomic E-state index is -0.369. The van der Waals surface area contributed by atoms with E-state index in [2.05, 4.69) is 29.6 Å². The first-order valence-electron chi connectivity index (χ1n) is 8.63. The van der Waals surface area contributed by atoms with Crippen LogP contribution in [0.2, 0.25) is 0 Å². The molecule has 2 aliphatic carbocycles. The fourth-order valence-corrected chi connectivity index (χ4v) is 3.64. The van der Waals surface area contributed by atoms with Gasteiger partial charge in [-0.15, -0.1) is 0 Å². The Morgan fingerprint density at radius 1 is 0.913 bits per heavy atom. The zero-order valence-corrected chi connectivity index (χ0v) is 13.4. The van der Waals surface area contributed by atoms with Gasteiger partial charge >= 0.3 is 0 Å². The number of anilines is 1. The summed E-state index contributed by atoms with van der Waals surface area (Å²) in [5, 5.41) is 2.78. The molecule has 2 nitrogen and oxygen atoms in total. The lowest BCUT2D eigenvalue weighted by Crippen LogP contribution is -2.16. The van der Waals surface area contributed by atoms with E-state index < -0.39 is 0 Å². The zero-order chi connectivity index (χ0) is 16.1. The lowest BCUT2D eigenvalue weighted by molar-refractivity contribution is -0.117. The average Bonchev–Trinajstić information content (AvgIpc) is 3.22. The standard InChI is InChI=1S/C20H24FNO/c21-17-13-9-10-14-18(17)22-20(23)19-15-11-7-5-3-1-2-4-6-8-12-16(15)19/h3-6,9-10,13-16,19H,1-2,7-8,11-12H2,(H,22,23)/b5-3-,6-4-/t15-,16-/m0/s1. The maximum Gasteiger partial charge on any atom is 0.228 e. The number of amides is 1. The largest absolute Gasteiger partial charge is 0.323 e. The molecular weight excluding hydrogens is 289 g/mol. The Labute approximate surface area is 137 Å². The Hall–Kier alpha value is -1.90. The molecule has 0 heterocycles. The van der Waals surface area contributed by atoms with Crippen LogP contribution in [0.25, 0.3) is 0 Å². The van der Waals surface area contributed by atoms with Crippen LogP contribution in [-0.2, 0) is 4.79 Å². The number of carbonyl (C=O) groups excluding carboxylic acids is 1. The van der Waals surface area contributed by atoms with Gasteiger partial charge in [0, 0.05) is 5.92 Å². The predicted octanol–water partition coefficient (Wildman–Crippen LogP) is 5.09. The smallest absolute Gasteiger partial charge is 0.228 e. The van der Waals surface area contributed by atoms with Crippen LogP contribution in [0.3, 0.4) is 0 Å².